The molecule has 0 spiro atoms. The first-order valence-electron chi connectivity index (χ1n) is 28.2. The number of hydrogen-bond acceptors (Lipinski definition) is 7. The van der Waals surface area contributed by atoms with Crippen molar-refractivity contribution in [3.05, 3.63) is 109 Å². The van der Waals surface area contributed by atoms with Crippen LogP contribution in [-0.2, 0) is 27.9 Å². The summed E-state index contributed by atoms with van der Waals surface area (Å²) in [5, 5.41) is 2.99. The van der Waals surface area contributed by atoms with E-state index < -0.39 is 26.6 Å². The zero-order valence-corrected chi connectivity index (χ0v) is 47.0. The second kappa shape index (κ2) is 50.2. The lowest BCUT2D eigenvalue weighted by molar-refractivity contribution is -0.870. The first-order chi connectivity index (χ1) is 34.4. The van der Waals surface area contributed by atoms with Gasteiger partial charge in [-0.2, -0.15) is 0 Å². The number of esters is 1. The number of phosphoric ester groups is 1. The number of hydrogen-bond donors (Lipinski definition) is 1. The molecule has 0 aliphatic rings. The molecule has 1 N–H and O–H groups in total. The van der Waals surface area contributed by atoms with Crippen molar-refractivity contribution in [2.24, 2.45) is 0 Å². The van der Waals surface area contributed by atoms with Crippen molar-refractivity contribution < 1.29 is 37.3 Å². The average Bonchev–Trinajstić information content (AvgIpc) is 3.33. The van der Waals surface area contributed by atoms with Gasteiger partial charge in [-0.05, 0) is 109 Å². The van der Waals surface area contributed by atoms with E-state index in [0.717, 1.165) is 116 Å². The van der Waals surface area contributed by atoms with Crippen LogP contribution in [0.5, 0.6) is 0 Å². The number of carbonyl (C=O) groups is 2. The van der Waals surface area contributed by atoms with E-state index in [-0.39, 0.29) is 31.3 Å². The summed E-state index contributed by atoms with van der Waals surface area (Å²) in [7, 11) is 1.13. The summed E-state index contributed by atoms with van der Waals surface area (Å²) < 4.78 is 30.2. The lowest BCUT2D eigenvalue weighted by Gasteiger charge is -2.30. The normalized spacial score (nSPS) is 14.6. The monoisotopic (exact) mass is 1010 g/mol. The Balaban J connectivity index is 5.46. The first kappa shape index (κ1) is 67.7. The number of allylic oxidation sites excluding steroid dienone is 17. The Hall–Kier alpha value is -3.33. The molecular formula is C61H105N2O7P. The molecule has 0 bridgehead atoms. The van der Waals surface area contributed by atoms with Gasteiger partial charge in [-0.25, -0.2) is 0 Å². The Bertz CT molecular complexity index is 1580. The quantitative estimate of drug-likeness (QED) is 0.0212. The molecule has 0 heterocycles. The van der Waals surface area contributed by atoms with Crippen LogP contribution in [0.15, 0.2) is 109 Å². The van der Waals surface area contributed by atoms with Crippen molar-refractivity contribution in [2.75, 3.05) is 40.9 Å². The number of phosphoric acid groups is 1. The van der Waals surface area contributed by atoms with E-state index in [2.05, 4.69) is 123 Å². The highest BCUT2D eigenvalue weighted by Crippen LogP contribution is 2.38. The van der Waals surface area contributed by atoms with E-state index in [0.29, 0.717) is 23.9 Å². The van der Waals surface area contributed by atoms with E-state index in [1.54, 1.807) is 0 Å². The first-order valence-corrected chi connectivity index (χ1v) is 29.7. The number of quaternary nitrogens is 1. The largest absolute Gasteiger partial charge is 0.756 e. The summed E-state index contributed by atoms with van der Waals surface area (Å²) >= 11 is 0. The Morgan fingerprint density at radius 1 is 0.507 bits per heavy atom. The lowest BCUT2D eigenvalue weighted by atomic mass is 10.1. The van der Waals surface area contributed by atoms with Gasteiger partial charge in [-0.15, -0.1) is 0 Å². The molecule has 3 atom stereocenters. The molecule has 3 unspecified atom stereocenters. The molecule has 0 aromatic carbocycles. The van der Waals surface area contributed by atoms with Gasteiger partial charge >= 0.3 is 5.97 Å². The summed E-state index contributed by atoms with van der Waals surface area (Å²) in [6, 6.07) is -0.921. The van der Waals surface area contributed by atoms with E-state index >= 15 is 0 Å². The topological polar surface area (TPSA) is 114 Å². The Morgan fingerprint density at radius 3 is 1.37 bits per heavy atom. The predicted molar refractivity (Wildman–Crippen MR) is 302 cm³/mol. The molecule has 0 fully saturated rings. The van der Waals surface area contributed by atoms with Crippen LogP contribution < -0.4 is 10.2 Å². The van der Waals surface area contributed by atoms with Crippen LogP contribution in [0.25, 0.3) is 0 Å². The molecule has 0 aliphatic heterocycles. The molecule has 10 heteroatoms. The van der Waals surface area contributed by atoms with Crippen LogP contribution in [-0.4, -0.2) is 69.4 Å². The molecule has 0 saturated carbocycles. The molecular weight excluding hydrogens is 904 g/mol. The molecule has 0 aliphatic carbocycles. The van der Waals surface area contributed by atoms with Crippen LogP contribution in [0.1, 0.15) is 213 Å². The molecule has 71 heavy (non-hydrogen) atoms. The highest BCUT2D eigenvalue weighted by Gasteiger charge is 2.27. The molecule has 0 rings (SSSR count). The van der Waals surface area contributed by atoms with Crippen LogP contribution >= 0.6 is 7.82 Å². The summed E-state index contributed by atoms with van der Waals surface area (Å²) in [6.07, 6.45) is 67.7. The Kier molecular flexibility index (Phi) is 47.9. The smallest absolute Gasteiger partial charge is 0.306 e. The van der Waals surface area contributed by atoms with E-state index in [1.165, 1.54) is 51.4 Å². The number of ether oxygens (including phenoxy) is 1. The minimum absolute atomic E-state index is 0.0388. The summed E-state index contributed by atoms with van der Waals surface area (Å²) in [4.78, 5) is 39.8. The standard InChI is InChI=1S/C61H105N2O7P/c1-7-10-13-16-19-22-25-28-30-31-32-33-34-35-38-41-44-47-50-53-60(64)62-58(57-69-71(66,67)68-56-55-63(4,5)6)59(52-49-46-43-40-37-27-24-21-18-15-12-9-3)70-61(65)54-51-48-45-42-39-36-29-26-23-20-17-14-11-8-2/h10-11,13-14,19-20,22-23,28-30,32-33,35-36,38,49,52,58-59H,7-9,12,15-18,21,24-27,31,34,37,39-48,50-51,53-57H2,1-6H3,(H-,62,64,66,67)/b13-10-,14-11+,22-19-,23-20+,30-28-,33-32-,36-29+,38-35-,52-49-. The highest BCUT2D eigenvalue weighted by molar-refractivity contribution is 7.45. The number of nitrogens with zero attached hydrogens (tertiary/aromatic N) is 1. The molecule has 406 valence electrons. The fourth-order valence-corrected chi connectivity index (χ4v) is 8.11. The second-order valence-electron chi connectivity index (χ2n) is 19.7. The number of amides is 1. The van der Waals surface area contributed by atoms with Crippen molar-refractivity contribution >= 4 is 19.7 Å². The third-order valence-electron chi connectivity index (χ3n) is 11.7. The lowest BCUT2D eigenvalue weighted by Crippen LogP contribution is -2.47. The van der Waals surface area contributed by atoms with Crippen LogP contribution in [0.4, 0.5) is 0 Å². The molecule has 0 aromatic heterocycles. The van der Waals surface area contributed by atoms with Crippen molar-refractivity contribution in [1.82, 2.24) is 5.32 Å². The van der Waals surface area contributed by atoms with E-state index in [9.17, 15) is 19.0 Å². The van der Waals surface area contributed by atoms with Gasteiger partial charge in [0.1, 0.15) is 19.3 Å². The SMILES string of the molecule is CC/C=C\C/C=C\C/C=C\C/C=C\C/C=C\CCCCCC(=O)NC(COP(=O)([O-])OCC[N+](C)(C)C)C(/C=C\CCCCCCCCCCCC)OC(=O)CCCCCC/C=C/C/C=C/C/C=C/CC. The fourth-order valence-electron chi connectivity index (χ4n) is 7.38. The van der Waals surface area contributed by atoms with Gasteiger partial charge in [0.15, 0.2) is 0 Å². The summed E-state index contributed by atoms with van der Waals surface area (Å²) in [5.74, 6) is -0.614. The maximum Gasteiger partial charge on any atom is 0.306 e. The van der Waals surface area contributed by atoms with Crippen LogP contribution in [0.3, 0.4) is 0 Å². The van der Waals surface area contributed by atoms with Gasteiger partial charge in [0, 0.05) is 12.8 Å². The number of unbranched alkanes of at least 4 members (excludes halogenated alkanes) is 17. The third-order valence-corrected chi connectivity index (χ3v) is 12.7. The van der Waals surface area contributed by atoms with Gasteiger partial charge in [-0.1, -0.05) is 201 Å². The minimum Gasteiger partial charge on any atom is -0.756 e. The number of nitrogens with one attached hydrogen (secondary N) is 1. The van der Waals surface area contributed by atoms with Crippen LogP contribution in [0.2, 0.25) is 0 Å². The average molecular weight is 1010 g/mol. The molecule has 1 amide bonds. The summed E-state index contributed by atoms with van der Waals surface area (Å²) in [5.41, 5.74) is 0. The Labute approximate surface area is 436 Å². The molecule has 0 saturated heterocycles. The zero-order chi connectivity index (χ0) is 52.2. The number of likely N-dealkylation sites (N-methyl/N-ethyl adjacent to an activating group) is 1. The highest BCUT2D eigenvalue weighted by atomic mass is 31.2. The summed E-state index contributed by atoms with van der Waals surface area (Å²) in [6.45, 7) is 6.54. The molecule has 9 nitrogen and oxygen atoms in total. The van der Waals surface area contributed by atoms with E-state index in [1.807, 2.05) is 33.3 Å². The van der Waals surface area contributed by atoms with Gasteiger partial charge in [0.05, 0.1) is 33.8 Å². The van der Waals surface area contributed by atoms with E-state index in [4.69, 9.17) is 13.8 Å². The van der Waals surface area contributed by atoms with Crippen molar-refractivity contribution in [3.8, 4) is 0 Å². The Morgan fingerprint density at radius 2 is 0.901 bits per heavy atom. The van der Waals surface area contributed by atoms with Crippen molar-refractivity contribution in [3.63, 3.8) is 0 Å². The third kappa shape index (κ3) is 51.4. The van der Waals surface area contributed by atoms with Gasteiger partial charge in [0.25, 0.3) is 7.82 Å². The second-order valence-corrected chi connectivity index (χ2v) is 21.1. The maximum absolute atomic E-state index is 13.5. The maximum atomic E-state index is 13.5. The number of carbonyl (C=O) groups excluding carboxylic acids is 2. The van der Waals surface area contributed by atoms with Crippen molar-refractivity contribution in [1.29, 1.82) is 0 Å². The van der Waals surface area contributed by atoms with Crippen molar-refractivity contribution in [2.45, 2.75) is 226 Å². The molecule has 0 aromatic rings. The molecule has 0 radical (unpaired) electrons. The van der Waals surface area contributed by atoms with Crippen LogP contribution in [0, 0.1) is 0 Å². The zero-order valence-electron chi connectivity index (χ0n) is 46.1. The van der Waals surface area contributed by atoms with Gasteiger partial charge in [0.2, 0.25) is 5.91 Å². The fraction of sp³-hybridized carbons (Fsp3) is 0.672. The van der Waals surface area contributed by atoms with Gasteiger partial charge < -0.3 is 28.5 Å². The van der Waals surface area contributed by atoms with Gasteiger partial charge in [-0.3, -0.25) is 14.2 Å². The minimum atomic E-state index is -4.71. The number of rotatable bonds is 49. The predicted octanol–water partition coefficient (Wildman–Crippen LogP) is 16.4.